The number of fused-ring (bicyclic) bond motifs is 1. The van der Waals surface area contributed by atoms with E-state index >= 15 is 0 Å². The lowest BCUT2D eigenvalue weighted by Crippen LogP contribution is -1.46. The molecule has 2 N–H and O–H groups in total. The number of furan rings is 1. The fourth-order valence-electron chi connectivity index (χ4n) is 0.810. The number of aromatic hydroxyl groups is 2. The number of thiophene rings is 1. The monoisotopic (exact) mass is 156 g/mol. The maximum absolute atomic E-state index is 8.91. The third-order valence-electron chi connectivity index (χ3n) is 1.18. The molecule has 0 atom stereocenters. The van der Waals surface area contributed by atoms with Crippen molar-refractivity contribution in [2.45, 2.75) is 0 Å². The van der Waals surface area contributed by atoms with Gasteiger partial charge in [-0.2, -0.15) is 0 Å². The zero-order chi connectivity index (χ0) is 7.14. The Hall–Kier alpha value is -1.16. The van der Waals surface area contributed by atoms with Crippen LogP contribution in [0.1, 0.15) is 0 Å². The second kappa shape index (κ2) is 1.67. The lowest BCUT2D eigenvalue weighted by Gasteiger charge is -1.76. The van der Waals surface area contributed by atoms with E-state index < -0.39 is 0 Å². The van der Waals surface area contributed by atoms with E-state index in [1.807, 2.05) is 0 Å². The van der Waals surface area contributed by atoms with Crippen molar-refractivity contribution in [1.29, 1.82) is 0 Å². The summed E-state index contributed by atoms with van der Waals surface area (Å²) < 4.78 is 5.55. The Bertz CT molecular complexity index is 297. The topological polar surface area (TPSA) is 53.6 Å². The molecule has 0 aliphatic carbocycles. The molecule has 52 valence electrons. The minimum absolute atomic E-state index is 0.110. The molecule has 0 saturated heterocycles. The second-order valence-electron chi connectivity index (χ2n) is 1.90. The van der Waals surface area contributed by atoms with E-state index in [9.17, 15) is 0 Å². The van der Waals surface area contributed by atoms with E-state index in [1.165, 1.54) is 23.5 Å². The Morgan fingerprint density at radius 2 is 2.10 bits per heavy atom. The van der Waals surface area contributed by atoms with Crippen LogP contribution in [0.5, 0.6) is 11.0 Å². The lowest BCUT2D eigenvalue weighted by atomic mass is 10.5. The van der Waals surface area contributed by atoms with Gasteiger partial charge in [-0.05, 0) is 0 Å². The van der Waals surface area contributed by atoms with Gasteiger partial charge in [0, 0.05) is 12.1 Å². The molecule has 0 aliphatic rings. The Kier molecular flexibility index (Phi) is 0.935. The van der Waals surface area contributed by atoms with Crippen LogP contribution in [0.25, 0.3) is 10.3 Å². The maximum Gasteiger partial charge on any atom is 0.283 e. The van der Waals surface area contributed by atoms with Crippen molar-refractivity contribution < 1.29 is 14.6 Å². The number of rotatable bonds is 0. The van der Waals surface area contributed by atoms with Gasteiger partial charge in [0.1, 0.15) is 0 Å². The summed E-state index contributed by atoms with van der Waals surface area (Å²) in [6.07, 6.45) is 0. The van der Waals surface area contributed by atoms with E-state index in [0.29, 0.717) is 5.58 Å². The molecule has 0 fully saturated rings. The van der Waals surface area contributed by atoms with Gasteiger partial charge in [-0.3, -0.25) is 0 Å². The molecule has 0 amide bonds. The van der Waals surface area contributed by atoms with Gasteiger partial charge >= 0.3 is 0 Å². The van der Waals surface area contributed by atoms with Crippen molar-refractivity contribution in [3.8, 4) is 11.0 Å². The molecular formula is C6H4O3S. The summed E-state index contributed by atoms with van der Waals surface area (Å²) in [5.41, 5.74) is 0.528. The molecule has 0 aliphatic heterocycles. The zero-order valence-electron chi connectivity index (χ0n) is 4.87. The van der Waals surface area contributed by atoms with Crippen LogP contribution in [0, 0.1) is 0 Å². The van der Waals surface area contributed by atoms with Crippen molar-refractivity contribution in [1.82, 2.24) is 0 Å². The first kappa shape index (κ1) is 5.61. The van der Waals surface area contributed by atoms with E-state index in [-0.39, 0.29) is 11.0 Å². The van der Waals surface area contributed by atoms with Crippen molar-refractivity contribution >= 4 is 21.6 Å². The van der Waals surface area contributed by atoms with Crippen LogP contribution in [-0.4, -0.2) is 10.2 Å². The minimum atomic E-state index is -0.110. The molecular weight excluding hydrogens is 152 g/mol. The SMILES string of the molecule is Oc1cc2sc(O)cc2o1. The first-order valence-electron chi connectivity index (χ1n) is 2.67. The van der Waals surface area contributed by atoms with Gasteiger partial charge in [-0.15, -0.1) is 0 Å². The summed E-state index contributed by atoms with van der Waals surface area (Å²) in [7, 11) is 0. The van der Waals surface area contributed by atoms with E-state index in [0.717, 1.165) is 4.70 Å². The molecule has 4 heteroatoms. The molecule has 3 nitrogen and oxygen atoms in total. The first-order valence-corrected chi connectivity index (χ1v) is 3.48. The molecule has 2 heterocycles. The molecule has 0 aromatic carbocycles. The average molecular weight is 156 g/mol. The standard InChI is InChI=1S/C6H4O3S/c7-5-2-4-3(9-5)1-6(8)10-4/h1-2,7-8H. The van der Waals surface area contributed by atoms with Crippen molar-refractivity contribution in [2.24, 2.45) is 0 Å². The van der Waals surface area contributed by atoms with Crippen molar-refractivity contribution in [3.05, 3.63) is 12.1 Å². The smallest absolute Gasteiger partial charge is 0.283 e. The van der Waals surface area contributed by atoms with E-state index in [2.05, 4.69) is 0 Å². The summed E-state index contributed by atoms with van der Waals surface area (Å²) in [6, 6.07) is 2.94. The first-order chi connectivity index (χ1) is 4.75. The summed E-state index contributed by atoms with van der Waals surface area (Å²) in [4.78, 5) is 0. The summed E-state index contributed by atoms with van der Waals surface area (Å²) >= 11 is 1.17. The van der Waals surface area contributed by atoms with E-state index in [4.69, 9.17) is 14.6 Å². The highest BCUT2D eigenvalue weighted by Crippen LogP contribution is 2.34. The van der Waals surface area contributed by atoms with Crippen LogP contribution < -0.4 is 0 Å². The predicted molar refractivity (Wildman–Crippen MR) is 37.4 cm³/mol. The normalized spacial score (nSPS) is 10.8. The minimum Gasteiger partial charge on any atom is -0.499 e. The zero-order valence-corrected chi connectivity index (χ0v) is 5.68. The van der Waals surface area contributed by atoms with Crippen LogP contribution in [-0.2, 0) is 0 Å². The van der Waals surface area contributed by atoms with Gasteiger partial charge < -0.3 is 14.6 Å². The van der Waals surface area contributed by atoms with Crippen LogP contribution in [0.15, 0.2) is 16.5 Å². The summed E-state index contributed by atoms with van der Waals surface area (Å²) in [5, 5.41) is 17.9. The highest BCUT2D eigenvalue weighted by molar-refractivity contribution is 7.20. The molecule has 2 rings (SSSR count). The Labute approximate surface area is 60.1 Å². The molecule has 0 spiro atoms. The molecule has 0 saturated carbocycles. The molecule has 0 bridgehead atoms. The molecule has 10 heavy (non-hydrogen) atoms. The molecule has 0 unspecified atom stereocenters. The largest absolute Gasteiger partial charge is 0.499 e. The van der Waals surface area contributed by atoms with Crippen LogP contribution >= 0.6 is 11.3 Å². The van der Waals surface area contributed by atoms with Crippen molar-refractivity contribution in [2.75, 3.05) is 0 Å². The Morgan fingerprint density at radius 3 is 2.80 bits per heavy atom. The van der Waals surface area contributed by atoms with Gasteiger partial charge in [0.15, 0.2) is 10.6 Å². The molecule has 0 radical (unpaired) electrons. The third kappa shape index (κ3) is 0.657. The van der Waals surface area contributed by atoms with Gasteiger partial charge in [0.25, 0.3) is 5.95 Å². The number of hydrogen-bond donors (Lipinski definition) is 2. The van der Waals surface area contributed by atoms with Crippen LogP contribution in [0.4, 0.5) is 0 Å². The van der Waals surface area contributed by atoms with Gasteiger partial charge in [-0.25, -0.2) is 0 Å². The quantitative estimate of drug-likeness (QED) is 0.612. The fourth-order valence-corrected chi connectivity index (χ4v) is 1.56. The second-order valence-corrected chi connectivity index (χ2v) is 2.96. The lowest BCUT2D eigenvalue weighted by molar-refractivity contribution is 0.346. The van der Waals surface area contributed by atoms with Gasteiger partial charge in [0.2, 0.25) is 0 Å². The van der Waals surface area contributed by atoms with Gasteiger partial charge in [0.05, 0.1) is 4.70 Å². The Morgan fingerprint density at radius 1 is 1.30 bits per heavy atom. The van der Waals surface area contributed by atoms with Gasteiger partial charge in [-0.1, -0.05) is 11.3 Å². The summed E-state index contributed by atoms with van der Waals surface area (Å²) in [5.74, 6) is -0.110. The highest BCUT2D eigenvalue weighted by atomic mass is 32.1. The molecule has 2 aromatic heterocycles. The predicted octanol–water partition coefficient (Wildman–Crippen LogP) is 1.91. The number of hydrogen-bond acceptors (Lipinski definition) is 4. The van der Waals surface area contributed by atoms with E-state index in [1.54, 1.807) is 0 Å². The van der Waals surface area contributed by atoms with Crippen LogP contribution in [0.3, 0.4) is 0 Å². The van der Waals surface area contributed by atoms with Crippen LogP contribution in [0.2, 0.25) is 0 Å². The maximum atomic E-state index is 8.91. The molecule has 2 aromatic rings. The highest BCUT2D eigenvalue weighted by Gasteiger charge is 2.05. The summed E-state index contributed by atoms with van der Waals surface area (Å²) in [6.45, 7) is 0. The fraction of sp³-hybridized carbons (Fsp3) is 0. The third-order valence-corrected chi connectivity index (χ3v) is 2.05. The average Bonchev–Trinajstić information content (AvgIpc) is 2.21. The van der Waals surface area contributed by atoms with Crippen molar-refractivity contribution in [3.63, 3.8) is 0 Å². The Balaban J connectivity index is 2.83.